The van der Waals surface area contributed by atoms with E-state index in [0.29, 0.717) is 10.7 Å². The Balaban J connectivity index is 2.41. The molecule has 2 rings (SSSR count). The van der Waals surface area contributed by atoms with E-state index in [1.165, 1.54) is 0 Å². The van der Waals surface area contributed by atoms with E-state index in [4.69, 9.17) is 17.3 Å². The molecule has 0 radical (unpaired) electrons. The van der Waals surface area contributed by atoms with Crippen LogP contribution in [0.15, 0.2) is 24.8 Å². The van der Waals surface area contributed by atoms with Crippen molar-refractivity contribution in [2.45, 2.75) is 19.5 Å². The molecule has 0 aliphatic carbocycles. The molecule has 84 valence electrons. The largest absolute Gasteiger partial charge is 0.318 e. The number of nitrogens with zero attached hydrogens (tertiary/aromatic N) is 4. The van der Waals surface area contributed by atoms with E-state index in [0.717, 1.165) is 12.2 Å². The van der Waals surface area contributed by atoms with E-state index in [1.807, 2.05) is 6.92 Å². The molecule has 2 aromatic heterocycles. The highest BCUT2D eigenvalue weighted by molar-refractivity contribution is 6.31. The lowest BCUT2D eigenvalue weighted by atomic mass is 10.1. The molecule has 0 saturated heterocycles. The molecule has 2 aromatic rings. The number of halogens is 1. The van der Waals surface area contributed by atoms with E-state index in [9.17, 15) is 0 Å². The lowest BCUT2D eigenvalue weighted by Gasteiger charge is -2.12. The van der Waals surface area contributed by atoms with Crippen molar-refractivity contribution in [3.8, 4) is 0 Å². The first-order valence-electron chi connectivity index (χ1n) is 4.96. The summed E-state index contributed by atoms with van der Waals surface area (Å²) >= 11 is 6.06. The first-order chi connectivity index (χ1) is 7.74. The first-order valence-corrected chi connectivity index (χ1v) is 5.34. The molecule has 0 aliphatic heterocycles. The SMILES string of the molecule is CCn1ncc(Cl)c1C(N)c1cnccn1. The third-order valence-electron chi connectivity index (χ3n) is 2.33. The number of rotatable bonds is 3. The van der Waals surface area contributed by atoms with E-state index in [2.05, 4.69) is 15.1 Å². The van der Waals surface area contributed by atoms with Crippen LogP contribution >= 0.6 is 11.6 Å². The fourth-order valence-corrected chi connectivity index (χ4v) is 1.80. The van der Waals surface area contributed by atoms with Crippen LogP contribution in [0.4, 0.5) is 0 Å². The maximum Gasteiger partial charge on any atom is 0.0927 e. The smallest absolute Gasteiger partial charge is 0.0927 e. The van der Waals surface area contributed by atoms with Gasteiger partial charge in [0.15, 0.2) is 0 Å². The van der Waals surface area contributed by atoms with E-state index >= 15 is 0 Å². The monoisotopic (exact) mass is 237 g/mol. The van der Waals surface area contributed by atoms with Gasteiger partial charge < -0.3 is 5.73 Å². The molecule has 0 spiro atoms. The summed E-state index contributed by atoms with van der Waals surface area (Å²) in [4.78, 5) is 8.15. The van der Waals surface area contributed by atoms with Gasteiger partial charge in [0.2, 0.25) is 0 Å². The molecule has 1 unspecified atom stereocenters. The zero-order valence-corrected chi connectivity index (χ0v) is 9.59. The van der Waals surface area contributed by atoms with E-state index in [1.54, 1.807) is 29.5 Å². The van der Waals surface area contributed by atoms with Gasteiger partial charge in [-0.2, -0.15) is 5.10 Å². The minimum atomic E-state index is -0.399. The van der Waals surface area contributed by atoms with Crippen molar-refractivity contribution in [3.63, 3.8) is 0 Å². The predicted molar refractivity (Wildman–Crippen MR) is 61.0 cm³/mol. The summed E-state index contributed by atoms with van der Waals surface area (Å²) in [6.45, 7) is 2.70. The number of hydrogen-bond donors (Lipinski definition) is 1. The van der Waals surface area contributed by atoms with Gasteiger partial charge in [-0.1, -0.05) is 11.6 Å². The Hall–Kier alpha value is -1.46. The lowest BCUT2D eigenvalue weighted by molar-refractivity contribution is 0.595. The molecule has 16 heavy (non-hydrogen) atoms. The van der Waals surface area contributed by atoms with Crippen LogP contribution in [0.2, 0.25) is 5.02 Å². The van der Waals surface area contributed by atoms with Crippen molar-refractivity contribution in [3.05, 3.63) is 41.2 Å². The molecule has 5 nitrogen and oxygen atoms in total. The molecule has 0 aromatic carbocycles. The minimum Gasteiger partial charge on any atom is -0.318 e. The summed E-state index contributed by atoms with van der Waals surface area (Å²) in [5.74, 6) is 0. The van der Waals surface area contributed by atoms with Crippen molar-refractivity contribution >= 4 is 11.6 Å². The molecular formula is C10H12ClN5. The highest BCUT2D eigenvalue weighted by Crippen LogP contribution is 2.24. The Kier molecular flexibility index (Phi) is 3.17. The van der Waals surface area contributed by atoms with Gasteiger partial charge in [-0.15, -0.1) is 0 Å². The van der Waals surface area contributed by atoms with Crippen molar-refractivity contribution in [1.82, 2.24) is 19.7 Å². The maximum atomic E-state index is 6.09. The zero-order chi connectivity index (χ0) is 11.5. The van der Waals surface area contributed by atoms with Gasteiger partial charge in [0.1, 0.15) is 0 Å². The van der Waals surface area contributed by atoms with Gasteiger partial charge in [-0.05, 0) is 6.92 Å². The van der Waals surface area contributed by atoms with Gasteiger partial charge in [-0.25, -0.2) is 0 Å². The molecule has 0 amide bonds. The highest BCUT2D eigenvalue weighted by Gasteiger charge is 2.18. The maximum absolute atomic E-state index is 6.09. The third kappa shape index (κ3) is 1.91. The van der Waals surface area contributed by atoms with Crippen molar-refractivity contribution in [1.29, 1.82) is 0 Å². The van der Waals surface area contributed by atoms with Crippen LogP contribution < -0.4 is 5.73 Å². The van der Waals surface area contributed by atoms with Crippen LogP contribution in [0.3, 0.4) is 0 Å². The Morgan fingerprint density at radius 1 is 1.44 bits per heavy atom. The van der Waals surface area contributed by atoms with Crippen molar-refractivity contribution < 1.29 is 0 Å². The predicted octanol–water partition coefficient (Wildman–Crippen LogP) is 1.39. The zero-order valence-electron chi connectivity index (χ0n) is 8.84. The van der Waals surface area contributed by atoms with Crippen LogP contribution in [0.1, 0.15) is 24.4 Å². The second-order valence-electron chi connectivity index (χ2n) is 3.30. The molecule has 2 N–H and O–H groups in total. The quantitative estimate of drug-likeness (QED) is 0.876. The molecule has 0 fully saturated rings. The van der Waals surface area contributed by atoms with Gasteiger partial charge in [0.05, 0.1) is 34.8 Å². The number of hydrogen-bond acceptors (Lipinski definition) is 4. The summed E-state index contributed by atoms with van der Waals surface area (Å²) in [7, 11) is 0. The molecule has 1 atom stereocenters. The van der Waals surface area contributed by atoms with Crippen LogP contribution in [-0.4, -0.2) is 19.7 Å². The Labute approximate surface area is 98.3 Å². The van der Waals surface area contributed by atoms with Crippen LogP contribution in [0.25, 0.3) is 0 Å². The second kappa shape index (κ2) is 4.59. The molecule has 0 aliphatic rings. The van der Waals surface area contributed by atoms with Crippen LogP contribution in [0.5, 0.6) is 0 Å². The third-order valence-corrected chi connectivity index (χ3v) is 2.62. The Morgan fingerprint density at radius 2 is 2.25 bits per heavy atom. The lowest BCUT2D eigenvalue weighted by Crippen LogP contribution is -2.18. The summed E-state index contributed by atoms with van der Waals surface area (Å²) in [5.41, 5.74) is 7.54. The summed E-state index contributed by atoms with van der Waals surface area (Å²) in [6.07, 6.45) is 6.44. The van der Waals surface area contributed by atoms with E-state index < -0.39 is 6.04 Å². The number of aromatic nitrogens is 4. The molecular weight excluding hydrogens is 226 g/mol. The summed E-state index contributed by atoms with van der Waals surface area (Å²) in [6, 6.07) is -0.399. The van der Waals surface area contributed by atoms with Gasteiger partial charge in [0.25, 0.3) is 0 Å². The molecule has 0 saturated carbocycles. The fourth-order valence-electron chi connectivity index (χ4n) is 1.54. The van der Waals surface area contributed by atoms with Gasteiger partial charge in [0, 0.05) is 18.9 Å². The molecule has 0 bridgehead atoms. The number of aryl methyl sites for hydroxylation is 1. The highest BCUT2D eigenvalue weighted by atomic mass is 35.5. The summed E-state index contributed by atoms with van der Waals surface area (Å²) in [5, 5.41) is 4.69. The second-order valence-corrected chi connectivity index (χ2v) is 3.71. The Morgan fingerprint density at radius 3 is 2.88 bits per heavy atom. The minimum absolute atomic E-state index is 0.399. The fraction of sp³-hybridized carbons (Fsp3) is 0.300. The Bertz CT molecular complexity index is 467. The normalized spacial score (nSPS) is 12.7. The van der Waals surface area contributed by atoms with Gasteiger partial charge in [-0.3, -0.25) is 14.6 Å². The first kappa shape index (κ1) is 11.0. The van der Waals surface area contributed by atoms with Crippen LogP contribution in [0, 0.1) is 0 Å². The van der Waals surface area contributed by atoms with Crippen molar-refractivity contribution in [2.75, 3.05) is 0 Å². The standard InChI is InChI=1S/C10H12ClN5/c1-2-16-10(7(11)5-15-16)9(12)8-6-13-3-4-14-8/h3-6,9H,2,12H2,1H3. The topological polar surface area (TPSA) is 69.6 Å². The molecule has 6 heteroatoms. The van der Waals surface area contributed by atoms with Crippen molar-refractivity contribution in [2.24, 2.45) is 5.73 Å². The van der Waals surface area contributed by atoms with Gasteiger partial charge >= 0.3 is 0 Å². The molecule has 2 heterocycles. The van der Waals surface area contributed by atoms with Crippen LogP contribution in [-0.2, 0) is 6.54 Å². The average Bonchev–Trinajstić information content (AvgIpc) is 2.70. The van der Waals surface area contributed by atoms with E-state index in [-0.39, 0.29) is 0 Å². The number of nitrogens with two attached hydrogens (primary N) is 1. The average molecular weight is 238 g/mol. The summed E-state index contributed by atoms with van der Waals surface area (Å²) < 4.78 is 1.77.